The second kappa shape index (κ2) is 6.96. The van der Waals surface area contributed by atoms with Gasteiger partial charge in [-0.15, -0.1) is 0 Å². The Balaban J connectivity index is 2.44. The van der Waals surface area contributed by atoms with E-state index in [4.69, 9.17) is 24.7 Å². The number of benzene rings is 1. The standard InChI is InChI=1S/C16H22N2O6/c1-21-11-8-10(9-12(22-2)13(11)23-3)14(19)18-7-5-6-16(18,17)15(20)24-4/h8-9H,5-7,17H2,1-4H3. The summed E-state index contributed by atoms with van der Waals surface area (Å²) in [6.45, 7) is 0.362. The molecule has 1 aliphatic rings. The highest BCUT2D eigenvalue weighted by atomic mass is 16.5. The van der Waals surface area contributed by atoms with Crippen LogP contribution in [0.2, 0.25) is 0 Å². The summed E-state index contributed by atoms with van der Waals surface area (Å²) in [5, 5.41) is 0. The van der Waals surface area contributed by atoms with E-state index >= 15 is 0 Å². The third-order valence-electron chi connectivity index (χ3n) is 4.12. The molecule has 8 nitrogen and oxygen atoms in total. The molecule has 1 saturated heterocycles. The molecule has 1 amide bonds. The summed E-state index contributed by atoms with van der Waals surface area (Å²) < 4.78 is 20.5. The van der Waals surface area contributed by atoms with Gasteiger partial charge in [0.2, 0.25) is 5.75 Å². The summed E-state index contributed by atoms with van der Waals surface area (Å²) in [7, 11) is 5.65. The number of nitrogens with two attached hydrogens (primary N) is 1. The van der Waals surface area contributed by atoms with E-state index in [1.54, 1.807) is 0 Å². The molecule has 0 aromatic heterocycles. The minimum atomic E-state index is -1.47. The molecule has 1 aromatic rings. The van der Waals surface area contributed by atoms with Crippen molar-refractivity contribution in [2.45, 2.75) is 18.5 Å². The summed E-state index contributed by atoms with van der Waals surface area (Å²) in [5.41, 5.74) is 4.95. The van der Waals surface area contributed by atoms with Crippen LogP contribution in [0.4, 0.5) is 0 Å². The van der Waals surface area contributed by atoms with E-state index in [0.717, 1.165) is 0 Å². The van der Waals surface area contributed by atoms with Gasteiger partial charge in [0.15, 0.2) is 17.2 Å². The van der Waals surface area contributed by atoms with Crippen LogP contribution in [0.1, 0.15) is 23.2 Å². The van der Waals surface area contributed by atoms with Crippen molar-refractivity contribution < 1.29 is 28.5 Å². The van der Waals surface area contributed by atoms with Crippen molar-refractivity contribution >= 4 is 11.9 Å². The van der Waals surface area contributed by atoms with Crippen LogP contribution >= 0.6 is 0 Å². The number of methoxy groups -OCH3 is 4. The first-order valence-electron chi connectivity index (χ1n) is 7.42. The lowest BCUT2D eigenvalue weighted by Gasteiger charge is -2.32. The molecule has 0 aliphatic carbocycles. The van der Waals surface area contributed by atoms with Gasteiger partial charge in [-0.3, -0.25) is 10.5 Å². The van der Waals surface area contributed by atoms with Gasteiger partial charge in [-0.25, -0.2) is 4.79 Å². The van der Waals surface area contributed by atoms with Crippen molar-refractivity contribution in [1.82, 2.24) is 4.90 Å². The Labute approximate surface area is 140 Å². The van der Waals surface area contributed by atoms with Gasteiger partial charge in [-0.1, -0.05) is 0 Å². The second-order valence-corrected chi connectivity index (χ2v) is 5.39. The molecule has 1 aliphatic heterocycles. The SMILES string of the molecule is COC(=O)C1(N)CCCN1C(=O)c1cc(OC)c(OC)c(OC)c1. The summed E-state index contributed by atoms with van der Waals surface area (Å²) >= 11 is 0. The third-order valence-corrected chi connectivity index (χ3v) is 4.12. The van der Waals surface area contributed by atoms with Crippen LogP contribution in [0.15, 0.2) is 12.1 Å². The number of nitrogens with zero attached hydrogens (tertiary/aromatic N) is 1. The lowest BCUT2D eigenvalue weighted by molar-refractivity contribution is -0.151. The molecular weight excluding hydrogens is 316 g/mol. The lowest BCUT2D eigenvalue weighted by atomic mass is 10.1. The Kier molecular flexibility index (Phi) is 5.18. The average molecular weight is 338 g/mol. The Morgan fingerprint density at radius 2 is 1.67 bits per heavy atom. The van der Waals surface area contributed by atoms with Crippen molar-refractivity contribution in [3.05, 3.63) is 17.7 Å². The fourth-order valence-electron chi connectivity index (χ4n) is 2.87. The van der Waals surface area contributed by atoms with E-state index in [1.165, 1.54) is 45.5 Å². The molecule has 0 saturated carbocycles. The molecule has 1 fully saturated rings. The molecule has 1 unspecified atom stereocenters. The molecule has 1 aromatic carbocycles. The number of esters is 1. The first kappa shape index (κ1) is 17.9. The maximum atomic E-state index is 12.9. The molecule has 0 spiro atoms. The maximum absolute atomic E-state index is 12.9. The van der Waals surface area contributed by atoms with Crippen LogP contribution in [0.5, 0.6) is 17.2 Å². The van der Waals surface area contributed by atoms with Crippen LogP contribution in [0.25, 0.3) is 0 Å². The van der Waals surface area contributed by atoms with Crippen LogP contribution in [0, 0.1) is 0 Å². The molecule has 8 heteroatoms. The van der Waals surface area contributed by atoms with Crippen LogP contribution < -0.4 is 19.9 Å². The molecule has 0 radical (unpaired) electrons. The minimum absolute atomic E-state index is 0.283. The molecule has 24 heavy (non-hydrogen) atoms. The predicted molar refractivity (Wildman–Crippen MR) is 85.3 cm³/mol. The van der Waals surface area contributed by atoms with E-state index < -0.39 is 17.5 Å². The predicted octanol–water partition coefficient (Wildman–Crippen LogP) is 0.776. The van der Waals surface area contributed by atoms with Gasteiger partial charge >= 0.3 is 5.97 Å². The van der Waals surface area contributed by atoms with E-state index in [9.17, 15) is 9.59 Å². The lowest BCUT2D eigenvalue weighted by Crippen LogP contribution is -2.60. The molecule has 132 valence electrons. The zero-order valence-electron chi connectivity index (χ0n) is 14.3. The summed E-state index contributed by atoms with van der Waals surface area (Å²) in [6.07, 6.45) is 0.956. The first-order valence-corrected chi connectivity index (χ1v) is 7.42. The Bertz CT molecular complexity index is 622. The fraction of sp³-hybridized carbons (Fsp3) is 0.500. The molecule has 1 heterocycles. The number of likely N-dealkylation sites (tertiary alicyclic amines) is 1. The highest BCUT2D eigenvalue weighted by Gasteiger charge is 2.48. The van der Waals surface area contributed by atoms with E-state index in [0.29, 0.717) is 36.6 Å². The number of hydrogen-bond donors (Lipinski definition) is 1. The van der Waals surface area contributed by atoms with Gasteiger partial charge in [0.05, 0.1) is 28.4 Å². The van der Waals surface area contributed by atoms with Crippen molar-refractivity contribution in [2.24, 2.45) is 5.73 Å². The molecular formula is C16H22N2O6. The Morgan fingerprint density at radius 3 is 2.12 bits per heavy atom. The highest BCUT2D eigenvalue weighted by molar-refractivity contribution is 5.99. The number of amides is 1. The van der Waals surface area contributed by atoms with E-state index in [1.807, 2.05) is 0 Å². The van der Waals surface area contributed by atoms with Crippen molar-refractivity contribution in [1.29, 1.82) is 0 Å². The molecule has 0 bridgehead atoms. The normalized spacial score (nSPS) is 19.8. The maximum Gasteiger partial charge on any atom is 0.346 e. The number of hydrogen-bond acceptors (Lipinski definition) is 7. The third kappa shape index (κ3) is 2.84. The van der Waals surface area contributed by atoms with Crippen molar-refractivity contribution in [3.63, 3.8) is 0 Å². The minimum Gasteiger partial charge on any atom is -0.493 e. The number of rotatable bonds is 5. The Morgan fingerprint density at radius 1 is 1.08 bits per heavy atom. The number of carbonyl (C=O) groups is 2. The van der Waals surface area contributed by atoms with Gasteiger partial charge in [0.1, 0.15) is 0 Å². The second-order valence-electron chi connectivity index (χ2n) is 5.39. The van der Waals surface area contributed by atoms with Gasteiger partial charge in [-0.2, -0.15) is 0 Å². The zero-order valence-corrected chi connectivity index (χ0v) is 14.3. The van der Waals surface area contributed by atoms with Crippen molar-refractivity contribution in [3.8, 4) is 17.2 Å². The van der Waals surface area contributed by atoms with Gasteiger partial charge in [-0.05, 0) is 25.0 Å². The molecule has 2 rings (SSSR count). The van der Waals surface area contributed by atoms with Gasteiger partial charge < -0.3 is 23.8 Å². The molecule has 2 N–H and O–H groups in total. The van der Waals surface area contributed by atoms with Crippen LogP contribution in [0.3, 0.4) is 0 Å². The van der Waals surface area contributed by atoms with E-state index in [2.05, 4.69) is 0 Å². The fourth-order valence-corrected chi connectivity index (χ4v) is 2.87. The quantitative estimate of drug-likeness (QED) is 0.792. The van der Waals surface area contributed by atoms with Crippen molar-refractivity contribution in [2.75, 3.05) is 35.0 Å². The number of carbonyl (C=O) groups excluding carboxylic acids is 2. The summed E-state index contributed by atoms with van der Waals surface area (Å²) in [4.78, 5) is 26.2. The van der Waals surface area contributed by atoms with Crippen LogP contribution in [-0.4, -0.2) is 57.4 Å². The van der Waals surface area contributed by atoms with E-state index in [-0.39, 0.29) is 5.56 Å². The monoisotopic (exact) mass is 338 g/mol. The summed E-state index contributed by atoms with van der Waals surface area (Å²) in [5.74, 6) is 0.0329. The molecule has 1 atom stereocenters. The smallest absolute Gasteiger partial charge is 0.346 e. The summed E-state index contributed by atoms with van der Waals surface area (Å²) in [6, 6.07) is 3.05. The number of ether oxygens (including phenoxy) is 4. The van der Waals surface area contributed by atoms with Gasteiger partial charge in [0, 0.05) is 12.1 Å². The van der Waals surface area contributed by atoms with Crippen LogP contribution in [-0.2, 0) is 9.53 Å². The highest BCUT2D eigenvalue weighted by Crippen LogP contribution is 2.39. The topological polar surface area (TPSA) is 100 Å². The first-order chi connectivity index (χ1) is 11.4. The van der Waals surface area contributed by atoms with Gasteiger partial charge in [0.25, 0.3) is 5.91 Å². The average Bonchev–Trinajstić information content (AvgIpc) is 3.01. The Hall–Kier alpha value is -2.48. The largest absolute Gasteiger partial charge is 0.493 e. The zero-order chi connectivity index (χ0) is 17.9.